The normalized spacial score (nSPS) is 10.7. The summed E-state index contributed by atoms with van der Waals surface area (Å²) in [6.07, 6.45) is 0. The summed E-state index contributed by atoms with van der Waals surface area (Å²) in [6, 6.07) is 6.61. The average molecular weight is 281 g/mol. The largest absolute Gasteiger partial charge is 0.377 e. The van der Waals surface area contributed by atoms with Crippen molar-refractivity contribution >= 4 is 16.7 Å². The zero-order valence-electron chi connectivity index (χ0n) is 11.0. The Morgan fingerprint density at radius 3 is 2.95 bits per heavy atom. The van der Waals surface area contributed by atoms with Crippen LogP contribution in [0.25, 0.3) is 0 Å². The summed E-state index contributed by atoms with van der Waals surface area (Å²) in [4.78, 5) is 6.47. The van der Waals surface area contributed by atoms with Gasteiger partial charge in [0.05, 0.1) is 0 Å². The standard InChI is InChI=1S/C13H16FN3OS/c1-3-17(8-10-5-4-6-11(14)7-10)13-15-12(9-18-2)16-19-13/h4-7H,3,8-9H2,1-2H3. The molecule has 0 atom stereocenters. The van der Waals surface area contributed by atoms with Crippen LogP contribution in [0.2, 0.25) is 0 Å². The van der Waals surface area contributed by atoms with Crippen molar-refractivity contribution in [2.75, 3.05) is 18.6 Å². The Balaban J connectivity index is 2.10. The maximum Gasteiger partial charge on any atom is 0.205 e. The molecule has 1 aromatic carbocycles. The minimum Gasteiger partial charge on any atom is -0.377 e. The molecular weight excluding hydrogens is 265 g/mol. The Morgan fingerprint density at radius 1 is 1.42 bits per heavy atom. The minimum absolute atomic E-state index is 0.217. The van der Waals surface area contributed by atoms with Gasteiger partial charge in [-0.15, -0.1) is 0 Å². The number of benzene rings is 1. The summed E-state index contributed by atoms with van der Waals surface area (Å²) in [5.41, 5.74) is 0.922. The number of aromatic nitrogens is 2. The Labute approximate surface area is 116 Å². The molecule has 102 valence electrons. The number of rotatable bonds is 6. The van der Waals surface area contributed by atoms with E-state index in [1.54, 1.807) is 19.2 Å². The Hall–Kier alpha value is -1.53. The zero-order chi connectivity index (χ0) is 13.7. The van der Waals surface area contributed by atoms with E-state index in [0.717, 1.165) is 17.2 Å². The van der Waals surface area contributed by atoms with Crippen LogP contribution in [0.3, 0.4) is 0 Å². The fourth-order valence-corrected chi connectivity index (χ4v) is 2.47. The lowest BCUT2D eigenvalue weighted by molar-refractivity contribution is 0.179. The van der Waals surface area contributed by atoms with Crippen molar-refractivity contribution < 1.29 is 9.13 Å². The summed E-state index contributed by atoms with van der Waals surface area (Å²) >= 11 is 1.34. The van der Waals surface area contributed by atoms with Crippen molar-refractivity contribution in [3.8, 4) is 0 Å². The third-order valence-corrected chi connectivity index (χ3v) is 3.46. The highest BCUT2D eigenvalue weighted by Gasteiger charge is 2.11. The highest BCUT2D eigenvalue weighted by Crippen LogP contribution is 2.20. The highest BCUT2D eigenvalue weighted by atomic mass is 32.1. The molecule has 0 radical (unpaired) electrons. The van der Waals surface area contributed by atoms with Gasteiger partial charge in [-0.1, -0.05) is 12.1 Å². The number of halogens is 1. The second-order valence-corrected chi connectivity index (χ2v) is 4.80. The molecule has 1 heterocycles. The Bertz CT molecular complexity index is 532. The predicted molar refractivity (Wildman–Crippen MR) is 73.7 cm³/mol. The molecule has 0 aliphatic rings. The van der Waals surface area contributed by atoms with E-state index < -0.39 is 0 Å². The molecule has 0 saturated carbocycles. The van der Waals surface area contributed by atoms with Crippen molar-refractivity contribution in [1.82, 2.24) is 9.36 Å². The number of ether oxygens (including phenoxy) is 1. The highest BCUT2D eigenvalue weighted by molar-refractivity contribution is 7.09. The topological polar surface area (TPSA) is 38.2 Å². The summed E-state index contributed by atoms with van der Waals surface area (Å²) in [6.45, 7) is 3.86. The average Bonchev–Trinajstić information content (AvgIpc) is 2.85. The lowest BCUT2D eigenvalue weighted by Gasteiger charge is -2.19. The van der Waals surface area contributed by atoms with Gasteiger partial charge in [0.1, 0.15) is 12.4 Å². The van der Waals surface area contributed by atoms with Crippen LogP contribution in [0.4, 0.5) is 9.52 Å². The van der Waals surface area contributed by atoms with Gasteiger partial charge in [-0.3, -0.25) is 0 Å². The van der Waals surface area contributed by atoms with Crippen molar-refractivity contribution in [2.24, 2.45) is 0 Å². The van der Waals surface area contributed by atoms with Gasteiger partial charge in [-0.05, 0) is 24.6 Å². The molecule has 0 bridgehead atoms. The smallest absolute Gasteiger partial charge is 0.205 e. The summed E-state index contributed by atoms with van der Waals surface area (Å²) in [5, 5.41) is 0.832. The van der Waals surface area contributed by atoms with Crippen LogP contribution in [0, 0.1) is 5.82 Å². The molecule has 6 heteroatoms. The first-order valence-corrected chi connectivity index (χ1v) is 6.81. The minimum atomic E-state index is -0.217. The molecule has 19 heavy (non-hydrogen) atoms. The monoisotopic (exact) mass is 281 g/mol. The lowest BCUT2D eigenvalue weighted by Crippen LogP contribution is -2.21. The zero-order valence-corrected chi connectivity index (χ0v) is 11.8. The first-order valence-electron chi connectivity index (χ1n) is 6.04. The maximum atomic E-state index is 13.2. The number of methoxy groups -OCH3 is 1. The molecule has 2 aromatic rings. The Morgan fingerprint density at radius 2 is 2.26 bits per heavy atom. The van der Waals surface area contributed by atoms with Crippen LogP contribution in [0.5, 0.6) is 0 Å². The van der Waals surface area contributed by atoms with E-state index in [9.17, 15) is 4.39 Å². The summed E-state index contributed by atoms with van der Waals surface area (Å²) < 4.78 is 22.4. The van der Waals surface area contributed by atoms with Gasteiger partial charge in [0, 0.05) is 31.7 Å². The van der Waals surface area contributed by atoms with Crippen molar-refractivity contribution in [2.45, 2.75) is 20.1 Å². The van der Waals surface area contributed by atoms with Gasteiger partial charge in [-0.2, -0.15) is 4.37 Å². The molecule has 1 aromatic heterocycles. The van der Waals surface area contributed by atoms with Crippen molar-refractivity contribution in [3.05, 3.63) is 41.5 Å². The second-order valence-electron chi connectivity index (χ2n) is 4.07. The van der Waals surface area contributed by atoms with E-state index >= 15 is 0 Å². The van der Waals surface area contributed by atoms with Gasteiger partial charge in [0.2, 0.25) is 5.13 Å². The van der Waals surface area contributed by atoms with E-state index in [1.165, 1.54) is 17.6 Å². The molecule has 0 N–H and O–H groups in total. The number of anilines is 1. The fraction of sp³-hybridized carbons (Fsp3) is 0.385. The van der Waals surface area contributed by atoms with E-state index in [2.05, 4.69) is 14.3 Å². The molecule has 2 rings (SSSR count). The van der Waals surface area contributed by atoms with E-state index in [0.29, 0.717) is 19.0 Å². The molecular formula is C13H16FN3OS. The van der Waals surface area contributed by atoms with Gasteiger partial charge < -0.3 is 9.64 Å². The van der Waals surface area contributed by atoms with Gasteiger partial charge in [-0.25, -0.2) is 9.37 Å². The lowest BCUT2D eigenvalue weighted by atomic mass is 10.2. The fourth-order valence-electron chi connectivity index (χ4n) is 1.73. The van der Waals surface area contributed by atoms with Gasteiger partial charge in [0.25, 0.3) is 0 Å². The first-order chi connectivity index (χ1) is 9.22. The molecule has 0 amide bonds. The number of hydrogen-bond donors (Lipinski definition) is 0. The van der Waals surface area contributed by atoms with Crippen LogP contribution in [0.1, 0.15) is 18.3 Å². The van der Waals surface area contributed by atoms with E-state index in [1.807, 2.05) is 13.0 Å². The first kappa shape index (κ1) is 13.9. The van der Waals surface area contributed by atoms with E-state index in [-0.39, 0.29) is 5.82 Å². The number of nitrogens with zero attached hydrogens (tertiary/aromatic N) is 3. The third kappa shape index (κ3) is 3.71. The van der Waals surface area contributed by atoms with Gasteiger partial charge in [0.15, 0.2) is 5.82 Å². The van der Waals surface area contributed by atoms with Crippen molar-refractivity contribution in [3.63, 3.8) is 0 Å². The molecule has 0 unspecified atom stereocenters. The quantitative estimate of drug-likeness (QED) is 0.816. The van der Waals surface area contributed by atoms with Gasteiger partial charge >= 0.3 is 0 Å². The molecule has 0 fully saturated rings. The molecule has 4 nitrogen and oxygen atoms in total. The molecule has 0 spiro atoms. The molecule has 0 saturated heterocycles. The van der Waals surface area contributed by atoms with Crippen LogP contribution in [0.15, 0.2) is 24.3 Å². The SMILES string of the molecule is CCN(Cc1cccc(F)c1)c1nc(COC)ns1. The second kappa shape index (κ2) is 6.58. The van der Waals surface area contributed by atoms with Crippen LogP contribution in [-0.4, -0.2) is 23.0 Å². The molecule has 0 aliphatic heterocycles. The molecule has 0 aliphatic carbocycles. The third-order valence-electron chi connectivity index (χ3n) is 2.65. The summed E-state index contributed by atoms with van der Waals surface area (Å²) in [5.74, 6) is 0.464. The Kier molecular flexibility index (Phi) is 4.81. The predicted octanol–water partition coefficient (Wildman–Crippen LogP) is 2.85. The van der Waals surface area contributed by atoms with E-state index in [4.69, 9.17) is 4.74 Å². The van der Waals surface area contributed by atoms with Crippen LogP contribution in [-0.2, 0) is 17.9 Å². The van der Waals surface area contributed by atoms with Crippen LogP contribution >= 0.6 is 11.5 Å². The number of hydrogen-bond acceptors (Lipinski definition) is 5. The van der Waals surface area contributed by atoms with Crippen LogP contribution < -0.4 is 4.90 Å². The summed E-state index contributed by atoms with van der Waals surface area (Å²) in [7, 11) is 1.62. The van der Waals surface area contributed by atoms with Crippen molar-refractivity contribution in [1.29, 1.82) is 0 Å². The maximum absolute atomic E-state index is 13.2.